The van der Waals surface area contributed by atoms with Crippen molar-refractivity contribution in [2.45, 2.75) is 11.0 Å². The fourth-order valence-corrected chi connectivity index (χ4v) is 2.33. The fraction of sp³-hybridized carbons (Fsp3) is 0.143. The SMILES string of the molecule is Cc1ccc(N([O-])C(I)c2ccc(O)cc2)cc1. The fourth-order valence-electron chi connectivity index (χ4n) is 1.59. The molecule has 94 valence electrons. The van der Waals surface area contributed by atoms with E-state index in [9.17, 15) is 10.3 Å². The molecule has 0 fully saturated rings. The second-order valence-electron chi connectivity index (χ2n) is 4.09. The Morgan fingerprint density at radius 1 is 1.06 bits per heavy atom. The Bertz CT molecular complexity index is 461. The minimum atomic E-state index is -0.314. The van der Waals surface area contributed by atoms with E-state index in [1.165, 1.54) is 0 Å². The van der Waals surface area contributed by atoms with Gasteiger partial charge in [-0.05, 0) is 36.8 Å². The van der Waals surface area contributed by atoms with Crippen LogP contribution in [0.1, 0.15) is 15.2 Å². The van der Waals surface area contributed by atoms with Crippen LogP contribution in [0.4, 0.5) is 5.69 Å². The van der Waals surface area contributed by atoms with E-state index in [1.807, 2.05) is 31.2 Å². The van der Waals surface area contributed by atoms with Gasteiger partial charge in [-0.2, -0.15) is 0 Å². The third-order valence-corrected chi connectivity index (χ3v) is 3.89. The molecule has 2 aromatic rings. The molecule has 0 radical (unpaired) electrons. The summed E-state index contributed by atoms with van der Waals surface area (Å²) in [4.78, 5) is 0. The first-order chi connectivity index (χ1) is 8.58. The highest BCUT2D eigenvalue weighted by Gasteiger charge is 2.09. The highest BCUT2D eigenvalue weighted by Crippen LogP contribution is 2.32. The Hall–Kier alpha value is -1.27. The molecule has 1 N–H and O–H groups in total. The van der Waals surface area contributed by atoms with Crippen molar-refractivity contribution in [1.29, 1.82) is 0 Å². The average molecular weight is 354 g/mol. The quantitative estimate of drug-likeness (QED) is 0.390. The first-order valence-electron chi connectivity index (χ1n) is 5.54. The second kappa shape index (κ2) is 5.58. The van der Waals surface area contributed by atoms with Crippen LogP contribution in [0.25, 0.3) is 0 Å². The minimum Gasteiger partial charge on any atom is -0.757 e. The Morgan fingerprint density at radius 3 is 2.17 bits per heavy atom. The van der Waals surface area contributed by atoms with Crippen molar-refractivity contribution in [3.8, 4) is 5.75 Å². The van der Waals surface area contributed by atoms with Gasteiger partial charge in [0.25, 0.3) is 0 Å². The lowest BCUT2D eigenvalue weighted by molar-refractivity contribution is 0.475. The molecule has 0 aliphatic heterocycles. The molecule has 0 saturated carbocycles. The van der Waals surface area contributed by atoms with E-state index in [2.05, 4.69) is 22.6 Å². The zero-order valence-corrected chi connectivity index (χ0v) is 12.0. The van der Waals surface area contributed by atoms with E-state index in [4.69, 9.17) is 0 Å². The minimum absolute atomic E-state index is 0.204. The molecule has 0 saturated heterocycles. The van der Waals surface area contributed by atoms with Crippen LogP contribution >= 0.6 is 22.6 Å². The summed E-state index contributed by atoms with van der Waals surface area (Å²) in [6, 6.07) is 14.1. The zero-order chi connectivity index (χ0) is 13.1. The number of anilines is 1. The maximum absolute atomic E-state index is 12.2. The molecule has 2 aromatic carbocycles. The van der Waals surface area contributed by atoms with Crippen LogP contribution < -0.4 is 5.06 Å². The normalized spacial score (nSPS) is 12.2. The van der Waals surface area contributed by atoms with Gasteiger partial charge in [-0.3, -0.25) is 0 Å². The maximum atomic E-state index is 12.2. The summed E-state index contributed by atoms with van der Waals surface area (Å²) in [7, 11) is 0. The maximum Gasteiger partial charge on any atom is 0.115 e. The first-order valence-corrected chi connectivity index (χ1v) is 6.78. The van der Waals surface area contributed by atoms with Gasteiger partial charge in [-0.15, -0.1) is 0 Å². The Morgan fingerprint density at radius 2 is 1.61 bits per heavy atom. The molecular formula is C14H13INO2-. The second-order valence-corrected chi connectivity index (χ2v) is 5.27. The molecule has 0 aliphatic carbocycles. The van der Waals surface area contributed by atoms with E-state index in [1.54, 1.807) is 24.3 Å². The van der Waals surface area contributed by atoms with Crippen molar-refractivity contribution in [2.75, 3.05) is 5.06 Å². The largest absolute Gasteiger partial charge is 0.757 e. The third kappa shape index (κ3) is 2.94. The van der Waals surface area contributed by atoms with Gasteiger partial charge in [0.15, 0.2) is 0 Å². The Labute approximate surface area is 120 Å². The van der Waals surface area contributed by atoms with Crippen molar-refractivity contribution >= 4 is 28.3 Å². The Balaban J connectivity index is 2.20. The van der Waals surface area contributed by atoms with E-state index in [0.29, 0.717) is 5.69 Å². The third-order valence-electron chi connectivity index (χ3n) is 2.66. The van der Waals surface area contributed by atoms with Crippen molar-refractivity contribution in [3.05, 3.63) is 64.9 Å². The number of alkyl halides is 1. The van der Waals surface area contributed by atoms with Gasteiger partial charge >= 0.3 is 0 Å². The number of hydrogen-bond acceptors (Lipinski definition) is 3. The first kappa shape index (κ1) is 13.2. The number of rotatable bonds is 3. The number of benzene rings is 2. The van der Waals surface area contributed by atoms with Crippen LogP contribution in [0.3, 0.4) is 0 Å². The molecule has 2 rings (SSSR count). The van der Waals surface area contributed by atoms with Crippen molar-refractivity contribution in [3.63, 3.8) is 0 Å². The van der Waals surface area contributed by atoms with Gasteiger partial charge in [-0.1, -0.05) is 52.4 Å². The standard InChI is InChI=1S/C14H13INO2/c1-10-2-6-12(7-3-10)16(18)14(15)11-4-8-13(17)9-5-11/h2-9,14,17H,1H3/q-1. The predicted octanol–water partition coefficient (Wildman–Crippen LogP) is 4.14. The molecule has 0 spiro atoms. The zero-order valence-electron chi connectivity index (χ0n) is 9.88. The van der Waals surface area contributed by atoms with Crippen LogP contribution in [-0.2, 0) is 0 Å². The molecule has 1 unspecified atom stereocenters. The van der Waals surface area contributed by atoms with Gasteiger partial charge < -0.3 is 15.4 Å². The average Bonchev–Trinajstić information content (AvgIpc) is 2.39. The van der Waals surface area contributed by atoms with E-state index in [0.717, 1.165) is 16.2 Å². The number of phenolic OH excluding ortho intramolecular Hbond substituents is 1. The van der Waals surface area contributed by atoms with Crippen LogP contribution in [-0.4, -0.2) is 5.11 Å². The summed E-state index contributed by atoms with van der Waals surface area (Å²) in [6.07, 6.45) is 0. The lowest BCUT2D eigenvalue weighted by Crippen LogP contribution is -2.16. The number of hydrogen-bond donors (Lipinski definition) is 1. The summed E-state index contributed by atoms with van der Waals surface area (Å²) in [5.74, 6) is 0.204. The van der Waals surface area contributed by atoms with Crippen molar-refractivity contribution in [1.82, 2.24) is 0 Å². The van der Waals surface area contributed by atoms with Gasteiger partial charge in [0.1, 0.15) is 5.75 Å². The number of hydroxylamine groups is 1. The number of nitrogens with zero attached hydrogens (tertiary/aromatic N) is 1. The molecule has 18 heavy (non-hydrogen) atoms. The van der Waals surface area contributed by atoms with E-state index < -0.39 is 0 Å². The number of halogens is 1. The van der Waals surface area contributed by atoms with E-state index >= 15 is 0 Å². The van der Waals surface area contributed by atoms with Crippen molar-refractivity contribution in [2.24, 2.45) is 0 Å². The van der Waals surface area contributed by atoms with Gasteiger partial charge in [0, 0.05) is 5.69 Å². The molecule has 0 heterocycles. The Kier molecular flexibility index (Phi) is 4.08. The highest BCUT2D eigenvalue weighted by atomic mass is 127. The predicted molar refractivity (Wildman–Crippen MR) is 81.9 cm³/mol. The van der Waals surface area contributed by atoms with Crippen LogP contribution in [0, 0.1) is 12.1 Å². The molecule has 4 heteroatoms. The monoisotopic (exact) mass is 354 g/mol. The molecule has 0 amide bonds. The molecule has 0 aromatic heterocycles. The van der Waals surface area contributed by atoms with Crippen molar-refractivity contribution < 1.29 is 5.11 Å². The molecule has 3 nitrogen and oxygen atoms in total. The number of aromatic hydroxyl groups is 1. The molecular weight excluding hydrogens is 341 g/mol. The molecule has 1 atom stereocenters. The smallest absolute Gasteiger partial charge is 0.115 e. The van der Waals surface area contributed by atoms with Crippen LogP contribution in [0.2, 0.25) is 0 Å². The summed E-state index contributed by atoms with van der Waals surface area (Å²) in [6.45, 7) is 1.99. The van der Waals surface area contributed by atoms with Gasteiger partial charge in [0.05, 0.1) is 4.05 Å². The lowest BCUT2D eigenvalue weighted by atomic mass is 10.2. The summed E-state index contributed by atoms with van der Waals surface area (Å²) >= 11 is 2.09. The van der Waals surface area contributed by atoms with E-state index in [-0.39, 0.29) is 9.80 Å². The molecule has 0 aliphatic rings. The summed E-state index contributed by atoms with van der Waals surface area (Å²) in [5.41, 5.74) is 2.62. The topological polar surface area (TPSA) is 46.5 Å². The van der Waals surface area contributed by atoms with Crippen LogP contribution in [0.5, 0.6) is 5.75 Å². The van der Waals surface area contributed by atoms with Crippen LogP contribution in [0.15, 0.2) is 48.5 Å². The number of phenols is 1. The summed E-state index contributed by atoms with van der Waals surface area (Å²) in [5, 5.41) is 22.4. The van der Waals surface area contributed by atoms with Gasteiger partial charge in [-0.25, -0.2) is 0 Å². The lowest BCUT2D eigenvalue weighted by Gasteiger charge is -2.36. The molecule has 0 bridgehead atoms. The number of aryl methyl sites for hydroxylation is 1. The summed E-state index contributed by atoms with van der Waals surface area (Å²) < 4.78 is -0.314. The van der Waals surface area contributed by atoms with Gasteiger partial charge in [0.2, 0.25) is 0 Å². The highest BCUT2D eigenvalue weighted by molar-refractivity contribution is 14.1.